The third-order valence-electron chi connectivity index (χ3n) is 3.96. The van der Waals surface area contributed by atoms with E-state index in [2.05, 4.69) is 11.9 Å². The Hall–Kier alpha value is -1.84. The van der Waals surface area contributed by atoms with Gasteiger partial charge in [0, 0.05) is 6.54 Å². The van der Waals surface area contributed by atoms with Gasteiger partial charge in [0.1, 0.15) is 11.1 Å². The molecule has 0 N–H and O–H groups in total. The summed E-state index contributed by atoms with van der Waals surface area (Å²) in [7, 11) is 1.58. The van der Waals surface area contributed by atoms with Crippen molar-refractivity contribution in [2.24, 2.45) is 11.8 Å². The van der Waals surface area contributed by atoms with E-state index in [-0.39, 0.29) is 5.56 Å². The lowest BCUT2D eigenvalue weighted by Gasteiger charge is -2.32. The van der Waals surface area contributed by atoms with E-state index in [4.69, 9.17) is 4.74 Å². The summed E-state index contributed by atoms with van der Waals surface area (Å²) < 4.78 is 7.00. The Bertz CT molecular complexity index is 657. The second-order valence-electron chi connectivity index (χ2n) is 5.50. The molecule has 0 unspecified atom stereocenters. The van der Waals surface area contributed by atoms with E-state index in [0.717, 1.165) is 12.5 Å². The van der Waals surface area contributed by atoms with Gasteiger partial charge in [0.2, 0.25) is 0 Å². The molecule has 2 aromatic rings. The van der Waals surface area contributed by atoms with Gasteiger partial charge in [-0.05, 0) is 36.8 Å². The van der Waals surface area contributed by atoms with Crippen LogP contribution >= 0.6 is 0 Å². The minimum atomic E-state index is 0.00185. The lowest BCUT2D eigenvalue weighted by Crippen LogP contribution is -2.31. The zero-order valence-electron chi connectivity index (χ0n) is 11.3. The topological polar surface area (TPSA) is 44.1 Å². The molecule has 0 saturated heterocycles. The highest BCUT2D eigenvalue weighted by atomic mass is 16.5. The van der Waals surface area contributed by atoms with Crippen LogP contribution in [0.25, 0.3) is 10.9 Å². The highest BCUT2D eigenvalue weighted by Gasteiger charge is 2.26. The SMILES string of the molecule is COc1cccc2ncn(CC3CC(C)C3)c(=O)c12. The van der Waals surface area contributed by atoms with Crippen LogP contribution in [0.15, 0.2) is 29.3 Å². The zero-order chi connectivity index (χ0) is 13.4. The molecule has 1 aliphatic carbocycles. The fourth-order valence-corrected chi connectivity index (χ4v) is 2.97. The monoisotopic (exact) mass is 258 g/mol. The molecule has 1 fully saturated rings. The molecule has 19 heavy (non-hydrogen) atoms. The van der Waals surface area contributed by atoms with Crippen molar-refractivity contribution in [3.63, 3.8) is 0 Å². The number of aromatic nitrogens is 2. The van der Waals surface area contributed by atoms with Crippen molar-refractivity contribution in [2.75, 3.05) is 7.11 Å². The Morgan fingerprint density at radius 2 is 2.21 bits per heavy atom. The van der Waals surface area contributed by atoms with Crippen LogP contribution in [0.1, 0.15) is 19.8 Å². The Morgan fingerprint density at radius 1 is 1.42 bits per heavy atom. The summed E-state index contributed by atoms with van der Waals surface area (Å²) in [5.74, 6) is 2.01. The molecule has 100 valence electrons. The number of benzene rings is 1. The van der Waals surface area contributed by atoms with Gasteiger partial charge in [0.15, 0.2) is 0 Å². The maximum Gasteiger partial charge on any atom is 0.264 e. The van der Waals surface area contributed by atoms with Crippen molar-refractivity contribution >= 4 is 10.9 Å². The molecule has 0 atom stereocenters. The van der Waals surface area contributed by atoms with Crippen molar-refractivity contribution in [1.82, 2.24) is 9.55 Å². The fraction of sp³-hybridized carbons (Fsp3) is 0.467. The van der Waals surface area contributed by atoms with Crippen LogP contribution in [-0.4, -0.2) is 16.7 Å². The first-order valence-electron chi connectivity index (χ1n) is 6.71. The number of nitrogens with zero attached hydrogens (tertiary/aromatic N) is 2. The summed E-state index contributed by atoms with van der Waals surface area (Å²) in [4.78, 5) is 16.9. The average Bonchev–Trinajstić information content (AvgIpc) is 2.39. The van der Waals surface area contributed by atoms with Crippen LogP contribution in [0.2, 0.25) is 0 Å². The van der Waals surface area contributed by atoms with Gasteiger partial charge in [-0.25, -0.2) is 4.98 Å². The van der Waals surface area contributed by atoms with Crippen molar-refractivity contribution < 1.29 is 4.74 Å². The van der Waals surface area contributed by atoms with Crippen LogP contribution in [0, 0.1) is 11.8 Å². The number of hydrogen-bond donors (Lipinski definition) is 0. The predicted octanol–water partition coefficient (Wildman–Crippen LogP) is 2.45. The summed E-state index contributed by atoms with van der Waals surface area (Å²) in [5.41, 5.74) is 0.699. The van der Waals surface area contributed by atoms with Gasteiger partial charge in [-0.15, -0.1) is 0 Å². The minimum absolute atomic E-state index is 0.00185. The van der Waals surface area contributed by atoms with E-state index in [1.807, 2.05) is 12.1 Å². The van der Waals surface area contributed by atoms with Crippen LogP contribution in [0.3, 0.4) is 0 Å². The predicted molar refractivity (Wildman–Crippen MR) is 74.4 cm³/mol. The van der Waals surface area contributed by atoms with E-state index in [9.17, 15) is 4.79 Å². The van der Waals surface area contributed by atoms with Gasteiger partial charge in [-0.3, -0.25) is 9.36 Å². The van der Waals surface area contributed by atoms with Crippen LogP contribution in [0.4, 0.5) is 0 Å². The van der Waals surface area contributed by atoms with E-state index in [1.54, 1.807) is 24.1 Å². The maximum absolute atomic E-state index is 12.5. The summed E-state index contributed by atoms with van der Waals surface area (Å²) in [6.07, 6.45) is 4.07. The molecule has 0 spiro atoms. The summed E-state index contributed by atoms with van der Waals surface area (Å²) >= 11 is 0. The van der Waals surface area contributed by atoms with Crippen molar-refractivity contribution in [1.29, 1.82) is 0 Å². The summed E-state index contributed by atoms with van der Waals surface area (Å²) in [6.45, 7) is 3.02. The molecule has 0 bridgehead atoms. The Balaban J connectivity index is 2.02. The molecule has 4 heteroatoms. The molecular weight excluding hydrogens is 240 g/mol. The largest absolute Gasteiger partial charge is 0.496 e. The molecule has 0 radical (unpaired) electrons. The number of ether oxygens (including phenoxy) is 1. The zero-order valence-corrected chi connectivity index (χ0v) is 11.3. The molecule has 0 amide bonds. The Kier molecular flexibility index (Phi) is 3.01. The van der Waals surface area contributed by atoms with Crippen LogP contribution in [-0.2, 0) is 6.54 Å². The number of rotatable bonds is 3. The fourth-order valence-electron chi connectivity index (χ4n) is 2.97. The lowest BCUT2D eigenvalue weighted by molar-refractivity contribution is 0.185. The van der Waals surface area contributed by atoms with Gasteiger partial charge < -0.3 is 4.74 Å². The van der Waals surface area contributed by atoms with E-state index in [1.165, 1.54) is 12.8 Å². The van der Waals surface area contributed by atoms with Crippen LogP contribution < -0.4 is 10.3 Å². The first-order valence-corrected chi connectivity index (χ1v) is 6.71. The third kappa shape index (κ3) is 2.11. The van der Waals surface area contributed by atoms with E-state index < -0.39 is 0 Å². The molecule has 1 aliphatic rings. The van der Waals surface area contributed by atoms with Gasteiger partial charge in [0.25, 0.3) is 5.56 Å². The average molecular weight is 258 g/mol. The molecule has 1 heterocycles. The maximum atomic E-state index is 12.5. The Morgan fingerprint density at radius 3 is 2.89 bits per heavy atom. The second kappa shape index (κ2) is 4.68. The first-order chi connectivity index (χ1) is 9.19. The quantitative estimate of drug-likeness (QED) is 0.849. The van der Waals surface area contributed by atoms with Gasteiger partial charge in [0.05, 0.1) is 19.0 Å². The van der Waals surface area contributed by atoms with Gasteiger partial charge >= 0.3 is 0 Å². The molecule has 1 aromatic heterocycles. The first kappa shape index (κ1) is 12.2. The highest BCUT2D eigenvalue weighted by Crippen LogP contribution is 2.33. The molecule has 4 nitrogen and oxygen atoms in total. The number of fused-ring (bicyclic) bond motifs is 1. The Labute approximate surface area is 112 Å². The van der Waals surface area contributed by atoms with Crippen molar-refractivity contribution in [3.05, 3.63) is 34.9 Å². The summed E-state index contributed by atoms with van der Waals surface area (Å²) in [6, 6.07) is 5.50. The lowest BCUT2D eigenvalue weighted by atomic mass is 9.76. The number of hydrogen-bond acceptors (Lipinski definition) is 3. The minimum Gasteiger partial charge on any atom is -0.496 e. The van der Waals surface area contributed by atoms with Crippen molar-refractivity contribution in [3.8, 4) is 5.75 Å². The normalized spacial score (nSPS) is 22.2. The smallest absolute Gasteiger partial charge is 0.264 e. The molecule has 3 rings (SSSR count). The highest BCUT2D eigenvalue weighted by molar-refractivity contribution is 5.83. The van der Waals surface area contributed by atoms with E-state index >= 15 is 0 Å². The van der Waals surface area contributed by atoms with Crippen LogP contribution in [0.5, 0.6) is 5.75 Å². The molecular formula is C15H18N2O2. The number of methoxy groups -OCH3 is 1. The standard InChI is InChI=1S/C15H18N2O2/c1-10-6-11(7-10)8-17-9-16-12-4-3-5-13(19-2)14(12)15(17)18/h3-5,9-11H,6-8H2,1-2H3. The van der Waals surface area contributed by atoms with Crippen molar-refractivity contribution in [2.45, 2.75) is 26.3 Å². The van der Waals surface area contributed by atoms with Gasteiger partial charge in [-0.1, -0.05) is 13.0 Å². The second-order valence-corrected chi connectivity index (χ2v) is 5.50. The third-order valence-corrected chi connectivity index (χ3v) is 3.96. The van der Waals surface area contributed by atoms with E-state index in [0.29, 0.717) is 22.6 Å². The molecule has 0 aliphatic heterocycles. The molecule has 1 aromatic carbocycles. The van der Waals surface area contributed by atoms with Gasteiger partial charge in [-0.2, -0.15) is 0 Å². The summed E-state index contributed by atoms with van der Waals surface area (Å²) in [5, 5.41) is 0.583. The molecule has 1 saturated carbocycles.